The number of esters is 1. The van der Waals surface area contributed by atoms with Crippen LogP contribution in [-0.4, -0.2) is 28.9 Å². The monoisotopic (exact) mass is 246 g/mol. The average molecular weight is 246 g/mol. The van der Waals surface area contributed by atoms with Crippen LogP contribution in [0.15, 0.2) is 0 Å². The van der Waals surface area contributed by atoms with E-state index in [1.165, 1.54) is 0 Å². The lowest BCUT2D eigenvalue weighted by atomic mass is 10.0. The van der Waals surface area contributed by atoms with Crippen molar-refractivity contribution in [3.63, 3.8) is 0 Å². The number of ketones is 1. The van der Waals surface area contributed by atoms with E-state index in [9.17, 15) is 9.59 Å². The number of hydrogen-bond acceptors (Lipinski definition) is 4. The van der Waals surface area contributed by atoms with Gasteiger partial charge in [-0.25, -0.2) is 0 Å². The fourth-order valence-electron chi connectivity index (χ4n) is 1.16. The molecule has 16 heavy (non-hydrogen) atoms. The van der Waals surface area contributed by atoms with Crippen molar-refractivity contribution in [3.8, 4) is 0 Å². The molecule has 0 aliphatic rings. The van der Waals surface area contributed by atoms with Crippen LogP contribution in [0.5, 0.6) is 0 Å². The van der Waals surface area contributed by atoms with Crippen LogP contribution in [0.4, 0.5) is 0 Å². The quantitative estimate of drug-likeness (QED) is 0.534. The highest BCUT2D eigenvalue weighted by atomic mass is 32.2. The summed E-state index contributed by atoms with van der Waals surface area (Å²) in [4.78, 5) is 23.3. The Hall–Kier alpha value is -0.510. The maximum atomic E-state index is 11.8. The van der Waals surface area contributed by atoms with Crippen LogP contribution in [-0.2, 0) is 14.3 Å². The number of carbonyl (C=O) groups is 2. The molecule has 0 bridgehead atoms. The molecule has 0 aromatic rings. The third kappa shape index (κ3) is 6.16. The number of hydrogen-bond donors (Lipinski definition) is 0. The largest absolute Gasteiger partial charge is 0.465 e. The van der Waals surface area contributed by atoms with Crippen molar-refractivity contribution in [1.29, 1.82) is 0 Å². The van der Waals surface area contributed by atoms with Gasteiger partial charge in [0.1, 0.15) is 5.92 Å². The summed E-state index contributed by atoms with van der Waals surface area (Å²) in [6.45, 7) is 10.1. The average Bonchev–Trinajstić information content (AvgIpc) is 2.15. The lowest BCUT2D eigenvalue weighted by Crippen LogP contribution is -2.28. The molecule has 0 saturated heterocycles. The topological polar surface area (TPSA) is 43.4 Å². The normalized spacial score (nSPS) is 13.3. The molecule has 0 radical (unpaired) electrons. The van der Waals surface area contributed by atoms with Crippen LogP contribution in [0.2, 0.25) is 0 Å². The minimum atomic E-state index is -0.588. The third-order valence-corrected chi connectivity index (χ3v) is 3.31. The van der Waals surface area contributed by atoms with E-state index in [1.807, 2.05) is 6.92 Å². The van der Waals surface area contributed by atoms with Crippen LogP contribution < -0.4 is 0 Å². The molecule has 0 spiro atoms. The SMILES string of the molecule is CCOC(=O)C(CC)C(=O)CSC(C)(C)C. The van der Waals surface area contributed by atoms with Crippen molar-refractivity contribution in [2.24, 2.45) is 5.92 Å². The highest BCUT2D eigenvalue weighted by Gasteiger charge is 2.26. The van der Waals surface area contributed by atoms with Gasteiger partial charge in [-0.1, -0.05) is 27.7 Å². The van der Waals surface area contributed by atoms with Gasteiger partial charge < -0.3 is 4.74 Å². The first kappa shape index (κ1) is 15.5. The molecule has 0 aliphatic carbocycles. The van der Waals surface area contributed by atoms with Crippen molar-refractivity contribution >= 4 is 23.5 Å². The van der Waals surface area contributed by atoms with Crippen LogP contribution >= 0.6 is 11.8 Å². The number of ether oxygens (including phenoxy) is 1. The van der Waals surface area contributed by atoms with Crippen molar-refractivity contribution in [1.82, 2.24) is 0 Å². The molecule has 0 amide bonds. The summed E-state index contributed by atoms with van der Waals surface area (Å²) in [5.41, 5.74) is 0. The minimum Gasteiger partial charge on any atom is -0.465 e. The molecule has 0 heterocycles. The Morgan fingerprint density at radius 1 is 1.25 bits per heavy atom. The molecule has 0 rings (SSSR count). The van der Waals surface area contributed by atoms with Crippen molar-refractivity contribution < 1.29 is 14.3 Å². The van der Waals surface area contributed by atoms with E-state index in [4.69, 9.17) is 4.74 Å². The van der Waals surface area contributed by atoms with Gasteiger partial charge in [0.15, 0.2) is 5.78 Å². The van der Waals surface area contributed by atoms with E-state index >= 15 is 0 Å². The zero-order valence-electron chi connectivity index (χ0n) is 10.8. The van der Waals surface area contributed by atoms with Crippen molar-refractivity contribution in [2.75, 3.05) is 12.4 Å². The predicted octanol–water partition coefficient (Wildman–Crippen LogP) is 2.68. The predicted molar refractivity (Wildman–Crippen MR) is 67.6 cm³/mol. The summed E-state index contributed by atoms with van der Waals surface area (Å²) in [6.07, 6.45) is 0.516. The van der Waals surface area contributed by atoms with Gasteiger partial charge in [0, 0.05) is 4.75 Å². The van der Waals surface area contributed by atoms with Crippen molar-refractivity contribution in [3.05, 3.63) is 0 Å². The zero-order chi connectivity index (χ0) is 12.8. The third-order valence-electron chi connectivity index (χ3n) is 2.02. The smallest absolute Gasteiger partial charge is 0.316 e. The second-order valence-corrected chi connectivity index (χ2v) is 6.38. The fourth-order valence-corrected chi connectivity index (χ4v) is 1.93. The van der Waals surface area contributed by atoms with Crippen LogP contribution in [0.3, 0.4) is 0 Å². The van der Waals surface area contributed by atoms with Crippen LogP contribution in [0.1, 0.15) is 41.0 Å². The van der Waals surface area contributed by atoms with Crippen LogP contribution in [0.25, 0.3) is 0 Å². The molecular formula is C12H22O3S. The Balaban J connectivity index is 4.27. The lowest BCUT2D eigenvalue weighted by molar-refractivity contribution is -0.151. The van der Waals surface area contributed by atoms with E-state index in [-0.39, 0.29) is 16.5 Å². The molecule has 0 fully saturated rings. The lowest BCUT2D eigenvalue weighted by Gasteiger charge is -2.18. The van der Waals surface area contributed by atoms with Gasteiger partial charge in [0.05, 0.1) is 12.4 Å². The highest BCUT2D eigenvalue weighted by Crippen LogP contribution is 2.24. The maximum Gasteiger partial charge on any atom is 0.316 e. The number of thioether (sulfide) groups is 1. The maximum absolute atomic E-state index is 11.8. The molecule has 1 unspecified atom stereocenters. The summed E-state index contributed by atoms with van der Waals surface area (Å²) < 4.78 is 4.92. The highest BCUT2D eigenvalue weighted by molar-refractivity contribution is 8.01. The van der Waals surface area contributed by atoms with Gasteiger partial charge in [-0.2, -0.15) is 0 Å². The molecule has 0 aromatic heterocycles. The molecule has 3 nitrogen and oxygen atoms in total. The Morgan fingerprint density at radius 2 is 1.81 bits per heavy atom. The summed E-state index contributed by atoms with van der Waals surface area (Å²) in [7, 11) is 0. The zero-order valence-corrected chi connectivity index (χ0v) is 11.6. The van der Waals surface area contributed by atoms with Crippen LogP contribution in [0, 0.1) is 5.92 Å². The van der Waals surface area contributed by atoms with E-state index in [0.29, 0.717) is 18.8 Å². The van der Waals surface area contributed by atoms with E-state index in [1.54, 1.807) is 18.7 Å². The van der Waals surface area contributed by atoms with E-state index in [0.717, 1.165) is 0 Å². The summed E-state index contributed by atoms with van der Waals surface area (Å²) in [6, 6.07) is 0. The molecule has 0 aromatic carbocycles. The standard InChI is InChI=1S/C12H22O3S/c1-6-9(11(14)15-7-2)10(13)8-16-12(3,4)5/h9H,6-8H2,1-5H3. The Morgan fingerprint density at radius 3 is 2.19 bits per heavy atom. The Labute approximate surface area is 102 Å². The second kappa shape index (κ2) is 6.94. The Kier molecular flexibility index (Phi) is 6.72. The first-order valence-corrected chi connectivity index (χ1v) is 6.63. The number of carbonyl (C=O) groups excluding carboxylic acids is 2. The van der Waals surface area contributed by atoms with E-state index in [2.05, 4.69) is 20.8 Å². The number of rotatable bonds is 6. The molecule has 0 N–H and O–H groups in total. The van der Waals surface area contributed by atoms with E-state index < -0.39 is 5.92 Å². The van der Waals surface area contributed by atoms with Gasteiger partial charge in [-0.05, 0) is 13.3 Å². The first-order chi connectivity index (χ1) is 7.31. The number of Topliss-reactive ketones (excluding diaryl/α,β-unsaturated/α-hetero) is 1. The summed E-state index contributed by atoms with van der Waals surface area (Å²) >= 11 is 1.56. The van der Waals surface area contributed by atoms with Gasteiger partial charge >= 0.3 is 5.97 Å². The molecule has 0 saturated carbocycles. The van der Waals surface area contributed by atoms with Crippen molar-refractivity contribution in [2.45, 2.75) is 45.8 Å². The summed E-state index contributed by atoms with van der Waals surface area (Å²) in [5.74, 6) is -0.624. The molecule has 4 heteroatoms. The molecule has 0 aliphatic heterocycles. The van der Waals surface area contributed by atoms with Gasteiger partial charge in [0.25, 0.3) is 0 Å². The van der Waals surface area contributed by atoms with Gasteiger partial charge in [-0.3, -0.25) is 9.59 Å². The van der Waals surface area contributed by atoms with Gasteiger partial charge in [0.2, 0.25) is 0 Å². The van der Waals surface area contributed by atoms with Gasteiger partial charge in [-0.15, -0.1) is 11.8 Å². The first-order valence-electron chi connectivity index (χ1n) is 5.65. The second-order valence-electron chi connectivity index (χ2n) is 4.58. The summed E-state index contributed by atoms with van der Waals surface area (Å²) in [5, 5.41) is 0. The minimum absolute atomic E-state index is 0.0270. The Bertz CT molecular complexity index is 243. The molecule has 1 atom stereocenters. The fraction of sp³-hybridized carbons (Fsp3) is 0.833. The molecular weight excluding hydrogens is 224 g/mol. The molecule has 94 valence electrons.